The fourth-order valence-corrected chi connectivity index (χ4v) is 2.05. The van der Waals surface area contributed by atoms with Gasteiger partial charge in [-0.05, 0) is 44.2 Å². The van der Waals surface area contributed by atoms with Gasteiger partial charge in [0, 0.05) is 19.5 Å². The average Bonchev–Trinajstić information content (AvgIpc) is 2.47. The zero-order chi connectivity index (χ0) is 18.2. The van der Waals surface area contributed by atoms with E-state index in [2.05, 4.69) is 24.5 Å². The Morgan fingerprint density at radius 1 is 1.08 bits per heavy atom. The molecule has 2 amide bonds. The van der Waals surface area contributed by atoms with Crippen LogP contribution in [-0.4, -0.2) is 17.6 Å². The molecule has 1 rings (SSSR count). The number of ether oxygens (including phenoxy) is 1. The third kappa shape index (κ3) is 9.18. The summed E-state index contributed by atoms with van der Waals surface area (Å²) in [6.45, 7) is 10.6. The molecule has 0 bridgehead atoms. The molecule has 24 heavy (non-hydrogen) atoms. The molecule has 0 aliphatic heterocycles. The number of alkyl carbamates (subject to hydrolysis) is 1. The number of rotatable bonds is 7. The van der Waals surface area contributed by atoms with Crippen LogP contribution in [0.25, 0.3) is 0 Å². The maximum absolute atomic E-state index is 11.8. The number of nitrogens with one attached hydrogen (secondary N) is 2. The molecule has 5 heteroatoms. The van der Waals surface area contributed by atoms with Gasteiger partial charge in [-0.25, -0.2) is 4.79 Å². The summed E-state index contributed by atoms with van der Waals surface area (Å²) in [6, 6.07) is 7.78. The highest BCUT2D eigenvalue weighted by Gasteiger charge is 2.15. The summed E-state index contributed by atoms with van der Waals surface area (Å²) in [4.78, 5) is 23.4. The van der Waals surface area contributed by atoms with Crippen LogP contribution in [0.5, 0.6) is 0 Å². The number of hydrogen-bond donors (Lipinski definition) is 2. The first-order valence-corrected chi connectivity index (χ1v) is 8.47. The van der Waals surface area contributed by atoms with Crippen LogP contribution in [0.4, 0.5) is 4.79 Å². The second-order valence-electron chi connectivity index (χ2n) is 7.38. The Hall–Kier alpha value is -2.04. The normalized spacial score (nSPS) is 11.2. The molecule has 5 nitrogen and oxygen atoms in total. The van der Waals surface area contributed by atoms with Crippen molar-refractivity contribution < 1.29 is 14.3 Å². The van der Waals surface area contributed by atoms with Gasteiger partial charge < -0.3 is 15.4 Å². The van der Waals surface area contributed by atoms with Gasteiger partial charge >= 0.3 is 6.09 Å². The Balaban J connectivity index is 2.43. The molecular weight excluding hydrogens is 304 g/mol. The Kier molecular flexibility index (Phi) is 7.75. The predicted molar refractivity (Wildman–Crippen MR) is 95.4 cm³/mol. The molecule has 2 N–H and O–H groups in total. The third-order valence-electron chi connectivity index (χ3n) is 3.27. The van der Waals surface area contributed by atoms with Gasteiger partial charge in [-0.2, -0.15) is 0 Å². The molecule has 0 fully saturated rings. The molecule has 0 radical (unpaired) electrons. The van der Waals surface area contributed by atoms with Crippen LogP contribution in [-0.2, 0) is 22.6 Å². The lowest BCUT2D eigenvalue weighted by molar-refractivity contribution is -0.121. The Morgan fingerprint density at radius 3 is 2.21 bits per heavy atom. The number of hydrogen-bond acceptors (Lipinski definition) is 3. The van der Waals surface area contributed by atoms with E-state index in [4.69, 9.17) is 4.74 Å². The van der Waals surface area contributed by atoms with Gasteiger partial charge in [-0.15, -0.1) is 0 Å². The van der Waals surface area contributed by atoms with Crippen LogP contribution in [0.15, 0.2) is 24.3 Å². The van der Waals surface area contributed by atoms with E-state index in [0.29, 0.717) is 25.4 Å². The molecule has 0 saturated carbocycles. The molecule has 0 atom stereocenters. The highest BCUT2D eigenvalue weighted by molar-refractivity contribution is 5.75. The average molecular weight is 334 g/mol. The molecule has 1 aromatic carbocycles. The summed E-state index contributed by atoms with van der Waals surface area (Å²) in [5.74, 6) is 0.596. The van der Waals surface area contributed by atoms with Crippen molar-refractivity contribution in [3.8, 4) is 0 Å². The highest BCUT2D eigenvalue weighted by atomic mass is 16.6. The summed E-state index contributed by atoms with van der Waals surface area (Å²) in [7, 11) is 0. The molecule has 0 aromatic heterocycles. The van der Waals surface area contributed by atoms with E-state index < -0.39 is 11.7 Å². The van der Waals surface area contributed by atoms with Crippen LogP contribution in [0.1, 0.15) is 58.6 Å². The summed E-state index contributed by atoms with van der Waals surface area (Å²) in [6.07, 6.45) is 1.01. The SMILES string of the molecule is CC(C)CCC(=O)NCc1cccc(CNC(=O)OC(C)(C)C)c1. The summed E-state index contributed by atoms with van der Waals surface area (Å²) in [5.41, 5.74) is 1.47. The number of carbonyl (C=O) groups excluding carboxylic acids is 2. The molecule has 0 aliphatic rings. The van der Waals surface area contributed by atoms with Crippen molar-refractivity contribution in [1.29, 1.82) is 0 Å². The van der Waals surface area contributed by atoms with Crippen molar-refractivity contribution in [3.63, 3.8) is 0 Å². The van der Waals surface area contributed by atoms with E-state index in [1.54, 1.807) is 0 Å². The minimum Gasteiger partial charge on any atom is -0.444 e. The largest absolute Gasteiger partial charge is 0.444 e. The Morgan fingerprint density at radius 2 is 1.67 bits per heavy atom. The van der Waals surface area contributed by atoms with Gasteiger partial charge in [0.2, 0.25) is 5.91 Å². The van der Waals surface area contributed by atoms with Crippen molar-refractivity contribution in [2.45, 2.75) is 66.2 Å². The number of benzene rings is 1. The van der Waals surface area contributed by atoms with Crippen molar-refractivity contribution in [3.05, 3.63) is 35.4 Å². The molecule has 0 unspecified atom stereocenters. The third-order valence-corrected chi connectivity index (χ3v) is 3.27. The standard InChI is InChI=1S/C19H30N2O3/c1-14(2)9-10-17(22)20-12-15-7-6-8-16(11-15)13-21-18(23)24-19(3,4)5/h6-8,11,14H,9-10,12-13H2,1-5H3,(H,20,22)(H,21,23). The fraction of sp³-hybridized carbons (Fsp3) is 0.579. The topological polar surface area (TPSA) is 67.4 Å². The molecule has 0 heterocycles. The second-order valence-corrected chi connectivity index (χ2v) is 7.38. The van der Waals surface area contributed by atoms with Crippen molar-refractivity contribution in [1.82, 2.24) is 10.6 Å². The highest BCUT2D eigenvalue weighted by Crippen LogP contribution is 2.09. The number of carbonyl (C=O) groups is 2. The summed E-state index contributed by atoms with van der Waals surface area (Å²) >= 11 is 0. The lowest BCUT2D eigenvalue weighted by atomic mass is 10.1. The zero-order valence-electron chi connectivity index (χ0n) is 15.4. The van der Waals surface area contributed by atoms with E-state index in [1.807, 2.05) is 45.0 Å². The predicted octanol–water partition coefficient (Wildman–Crippen LogP) is 3.76. The monoisotopic (exact) mass is 334 g/mol. The van der Waals surface area contributed by atoms with E-state index in [1.165, 1.54) is 0 Å². The molecule has 134 valence electrons. The lowest BCUT2D eigenvalue weighted by Crippen LogP contribution is -2.32. The van der Waals surface area contributed by atoms with Crippen molar-refractivity contribution >= 4 is 12.0 Å². The fourth-order valence-electron chi connectivity index (χ4n) is 2.05. The maximum Gasteiger partial charge on any atom is 0.407 e. The first-order chi connectivity index (χ1) is 11.2. The van der Waals surface area contributed by atoms with Gasteiger partial charge in [-0.3, -0.25) is 4.79 Å². The minimum absolute atomic E-state index is 0.0704. The van der Waals surface area contributed by atoms with E-state index in [-0.39, 0.29) is 5.91 Å². The Bertz CT molecular complexity index is 548. The van der Waals surface area contributed by atoms with Gasteiger partial charge in [0.25, 0.3) is 0 Å². The number of amides is 2. The van der Waals surface area contributed by atoms with Crippen LogP contribution >= 0.6 is 0 Å². The van der Waals surface area contributed by atoms with Crippen LogP contribution in [0, 0.1) is 5.92 Å². The zero-order valence-corrected chi connectivity index (χ0v) is 15.4. The minimum atomic E-state index is -0.508. The van der Waals surface area contributed by atoms with E-state index in [0.717, 1.165) is 17.5 Å². The summed E-state index contributed by atoms with van der Waals surface area (Å²) in [5, 5.41) is 5.66. The first-order valence-electron chi connectivity index (χ1n) is 8.47. The Labute approximate surface area is 145 Å². The van der Waals surface area contributed by atoms with Gasteiger partial charge in [-0.1, -0.05) is 38.1 Å². The quantitative estimate of drug-likeness (QED) is 0.798. The van der Waals surface area contributed by atoms with Crippen molar-refractivity contribution in [2.24, 2.45) is 5.92 Å². The summed E-state index contributed by atoms with van der Waals surface area (Å²) < 4.78 is 5.21. The smallest absolute Gasteiger partial charge is 0.407 e. The van der Waals surface area contributed by atoms with Gasteiger partial charge in [0.1, 0.15) is 5.60 Å². The van der Waals surface area contributed by atoms with E-state index in [9.17, 15) is 9.59 Å². The molecule has 0 saturated heterocycles. The maximum atomic E-state index is 11.8. The van der Waals surface area contributed by atoms with Gasteiger partial charge in [0.05, 0.1) is 0 Å². The van der Waals surface area contributed by atoms with Crippen LogP contribution in [0.2, 0.25) is 0 Å². The van der Waals surface area contributed by atoms with Crippen LogP contribution in [0.3, 0.4) is 0 Å². The first kappa shape index (κ1) is 20.0. The van der Waals surface area contributed by atoms with E-state index >= 15 is 0 Å². The second kappa shape index (κ2) is 9.30. The molecular formula is C19H30N2O3. The molecule has 0 spiro atoms. The molecule has 1 aromatic rings. The lowest BCUT2D eigenvalue weighted by Gasteiger charge is -2.19. The van der Waals surface area contributed by atoms with Crippen molar-refractivity contribution in [2.75, 3.05) is 0 Å². The molecule has 0 aliphatic carbocycles. The van der Waals surface area contributed by atoms with Crippen LogP contribution < -0.4 is 10.6 Å². The van der Waals surface area contributed by atoms with Gasteiger partial charge in [0.15, 0.2) is 0 Å².